The molecule has 1 rings (SSSR count). The lowest BCUT2D eigenvalue weighted by Crippen LogP contribution is -2.01. The number of ether oxygens (including phenoxy) is 2. The number of rotatable bonds is 4. The monoisotopic (exact) mass is 196 g/mol. The van der Waals surface area contributed by atoms with Crippen molar-refractivity contribution < 1.29 is 14.6 Å². The van der Waals surface area contributed by atoms with Crippen LogP contribution in [0.4, 0.5) is 0 Å². The van der Waals surface area contributed by atoms with Gasteiger partial charge in [-0.3, -0.25) is 0 Å². The second kappa shape index (κ2) is 4.98. The lowest BCUT2D eigenvalue weighted by Gasteiger charge is -2.10. The van der Waals surface area contributed by atoms with Crippen molar-refractivity contribution in [3.63, 3.8) is 0 Å². The summed E-state index contributed by atoms with van der Waals surface area (Å²) in [5, 5.41) is 9.35. The summed E-state index contributed by atoms with van der Waals surface area (Å²) in [6.07, 6.45) is -0.440. The van der Waals surface area contributed by atoms with Gasteiger partial charge in [-0.2, -0.15) is 0 Å². The van der Waals surface area contributed by atoms with Crippen molar-refractivity contribution in [3.05, 3.63) is 29.3 Å². The van der Waals surface area contributed by atoms with Crippen LogP contribution in [0.15, 0.2) is 18.2 Å². The number of aliphatic hydroxyl groups excluding tert-OH is 1. The van der Waals surface area contributed by atoms with Gasteiger partial charge in [-0.1, -0.05) is 6.07 Å². The summed E-state index contributed by atoms with van der Waals surface area (Å²) in [7, 11) is 1.58. The Hall–Kier alpha value is -1.06. The van der Waals surface area contributed by atoms with Gasteiger partial charge in [0.25, 0.3) is 0 Å². The second-order valence-corrected chi connectivity index (χ2v) is 3.25. The molecule has 1 N–H and O–H groups in total. The molecule has 0 amide bonds. The van der Waals surface area contributed by atoms with E-state index in [-0.39, 0.29) is 6.79 Å². The van der Waals surface area contributed by atoms with Gasteiger partial charge in [0.05, 0.1) is 6.10 Å². The van der Waals surface area contributed by atoms with Gasteiger partial charge in [0.15, 0.2) is 6.79 Å². The normalized spacial score (nSPS) is 12.6. The molecule has 0 heterocycles. The first kappa shape index (κ1) is 11.0. The standard InChI is InChI=1S/C11H16O3/c1-8-6-10(9(2)12)4-5-11(8)14-7-13-3/h4-6,9,12H,7H2,1-3H3/t9-/m0/s1. The Morgan fingerprint density at radius 3 is 2.64 bits per heavy atom. The number of hydrogen-bond donors (Lipinski definition) is 1. The van der Waals surface area contributed by atoms with Gasteiger partial charge in [0, 0.05) is 7.11 Å². The van der Waals surface area contributed by atoms with Crippen LogP contribution in [0.1, 0.15) is 24.2 Å². The Labute approximate surface area is 84.3 Å². The molecule has 1 atom stereocenters. The van der Waals surface area contributed by atoms with Crippen molar-refractivity contribution in [1.29, 1.82) is 0 Å². The van der Waals surface area contributed by atoms with Crippen molar-refractivity contribution in [1.82, 2.24) is 0 Å². The Bertz CT molecular complexity index is 295. The van der Waals surface area contributed by atoms with Gasteiger partial charge in [-0.05, 0) is 37.1 Å². The Morgan fingerprint density at radius 1 is 1.43 bits per heavy atom. The second-order valence-electron chi connectivity index (χ2n) is 3.25. The minimum absolute atomic E-state index is 0.245. The molecular weight excluding hydrogens is 180 g/mol. The van der Waals surface area contributed by atoms with E-state index in [1.165, 1.54) is 0 Å². The van der Waals surface area contributed by atoms with Crippen LogP contribution in [-0.4, -0.2) is 19.0 Å². The molecule has 0 bridgehead atoms. The molecule has 0 saturated heterocycles. The molecule has 0 saturated carbocycles. The van der Waals surface area contributed by atoms with E-state index in [0.29, 0.717) is 0 Å². The van der Waals surface area contributed by atoms with Crippen LogP contribution in [0.2, 0.25) is 0 Å². The van der Waals surface area contributed by atoms with Crippen LogP contribution in [0, 0.1) is 6.92 Å². The summed E-state index contributed by atoms with van der Waals surface area (Å²) in [5.74, 6) is 0.788. The molecule has 0 radical (unpaired) electrons. The van der Waals surface area contributed by atoms with E-state index in [9.17, 15) is 5.11 Å². The van der Waals surface area contributed by atoms with E-state index in [0.717, 1.165) is 16.9 Å². The van der Waals surface area contributed by atoms with Crippen LogP contribution in [0.5, 0.6) is 5.75 Å². The highest BCUT2D eigenvalue weighted by atomic mass is 16.7. The maximum atomic E-state index is 9.35. The van der Waals surface area contributed by atoms with Crippen molar-refractivity contribution >= 4 is 0 Å². The molecule has 0 unspecified atom stereocenters. The summed E-state index contributed by atoms with van der Waals surface area (Å²) in [6.45, 7) is 3.93. The number of aliphatic hydroxyl groups is 1. The molecule has 0 fully saturated rings. The van der Waals surface area contributed by atoms with E-state index < -0.39 is 6.10 Å². The molecule has 3 nitrogen and oxygen atoms in total. The quantitative estimate of drug-likeness (QED) is 0.749. The molecule has 78 valence electrons. The maximum Gasteiger partial charge on any atom is 0.188 e. The lowest BCUT2D eigenvalue weighted by atomic mass is 10.1. The molecule has 1 aromatic rings. The number of benzene rings is 1. The van der Waals surface area contributed by atoms with Crippen LogP contribution in [0.25, 0.3) is 0 Å². The number of methoxy groups -OCH3 is 1. The fourth-order valence-electron chi connectivity index (χ4n) is 1.22. The molecule has 1 aromatic carbocycles. The predicted octanol–water partition coefficient (Wildman–Crippen LogP) is 2.03. The van der Waals surface area contributed by atoms with Crippen LogP contribution in [-0.2, 0) is 4.74 Å². The Kier molecular flexibility index (Phi) is 3.92. The van der Waals surface area contributed by atoms with E-state index in [2.05, 4.69) is 0 Å². The molecular formula is C11H16O3. The molecule has 0 aliphatic heterocycles. The fourth-order valence-corrected chi connectivity index (χ4v) is 1.22. The number of hydrogen-bond acceptors (Lipinski definition) is 3. The SMILES string of the molecule is COCOc1ccc([C@H](C)O)cc1C. The summed E-state index contributed by atoms with van der Waals surface area (Å²) in [6, 6.07) is 5.61. The highest BCUT2D eigenvalue weighted by molar-refractivity contribution is 5.36. The van der Waals surface area contributed by atoms with Crippen molar-refractivity contribution in [3.8, 4) is 5.75 Å². The van der Waals surface area contributed by atoms with Gasteiger partial charge in [0.1, 0.15) is 5.75 Å². The smallest absolute Gasteiger partial charge is 0.188 e. The van der Waals surface area contributed by atoms with E-state index in [4.69, 9.17) is 9.47 Å². The average Bonchev–Trinajstić information content (AvgIpc) is 2.15. The zero-order valence-electron chi connectivity index (χ0n) is 8.78. The summed E-state index contributed by atoms with van der Waals surface area (Å²) in [5.41, 5.74) is 1.90. The molecule has 0 aliphatic rings. The van der Waals surface area contributed by atoms with Gasteiger partial charge < -0.3 is 14.6 Å². The lowest BCUT2D eigenvalue weighted by molar-refractivity contribution is 0.0506. The molecule has 3 heteroatoms. The Balaban J connectivity index is 2.79. The highest BCUT2D eigenvalue weighted by Gasteiger charge is 2.04. The van der Waals surface area contributed by atoms with E-state index in [1.54, 1.807) is 14.0 Å². The first-order valence-corrected chi connectivity index (χ1v) is 4.55. The third-order valence-electron chi connectivity index (χ3n) is 2.01. The predicted molar refractivity (Wildman–Crippen MR) is 54.3 cm³/mol. The average molecular weight is 196 g/mol. The Morgan fingerprint density at radius 2 is 2.14 bits per heavy atom. The first-order valence-electron chi connectivity index (χ1n) is 4.55. The zero-order chi connectivity index (χ0) is 10.6. The van der Waals surface area contributed by atoms with E-state index in [1.807, 2.05) is 25.1 Å². The van der Waals surface area contributed by atoms with Crippen molar-refractivity contribution in [2.24, 2.45) is 0 Å². The van der Waals surface area contributed by atoms with Gasteiger partial charge in [0.2, 0.25) is 0 Å². The minimum atomic E-state index is -0.440. The van der Waals surface area contributed by atoms with Crippen molar-refractivity contribution in [2.75, 3.05) is 13.9 Å². The third kappa shape index (κ3) is 2.72. The zero-order valence-corrected chi connectivity index (χ0v) is 8.78. The highest BCUT2D eigenvalue weighted by Crippen LogP contribution is 2.22. The van der Waals surface area contributed by atoms with Crippen molar-refractivity contribution in [2.45, 2.75) is 20.0 Å². The molecule has 0 aromatic heterocycles. The van der Waals surface area contributed by atoms with Gasteiger partial charge in [-0.15, -0.1) is 0 Å². The topological polar surface area (TPSA) is 38.7 Å². The first-order chi connectivity index (χ1) is 6.65. The maximum absolute atomic E-state index is 9.35. The number of aryl methyl sites for hydroxylation is 1. The van der Waals surface area contributed by atoms with Gasteiger partial charge in [-0.25, -0.2) is 0 Å². The summed E-state index contributed by atoms with van der Waals surface area (Å²) >= 11 is 0. The fraction of sp³-hybridized carbons (Fsp3) is 0.455. The summed E-state index contributed by atoms with van der Waals surface area (Å²) < 4.78 is 10.1. The largest absolute Gasteiger partial charge is 0.467 e. The minimum Gasteiger partial charge on any atom is -0.467 e. The molecule has 0 aliphatic carbocycles. The van der Waals surface area contributed by atoms with Crippen LogP contribution < -0.4 is 4.74 Å². The molecule has 14 heavy (non-hydrogen) atoms. The van der Waals surface area contributed by atoms with Gasteiger partial charge >= 0.3 is 0 Å². The van der Waals surface area contributed by atoms with E-state index >= 15 is 0 Å². The van der Waals surface area contributed by atoms with Crippen LogP contribution >= 0.6 is 0 Å². The molecule has 0 spiro atoms. The summed E-state index contributed by atoms with van der Waals surface area (Å²) in [4.78, 5) is 0. The van der Waals surface area contributed by atoms with Crippen LogP contribution in [0.3, 0.4) is 0 Å². The third-order valence-corrected chi connectivity index (χ3v) is 2.01.